The molecule has 4 aromatic rings. The Balaban J connectivity index is 1.29. The van der Waals surface area contributed by atoms with E-state index < -0.39 is 12.0 Å². The van der Waals surface area contributed by atoms with E-state index in [2.05, 4.69) is 5.32 Å². The lowest BCUT2D eigenvalue weighted by molar-refractivity contribution is -0.127. The van der Waals surface area contributed by atoms with E-state index >= 15 is 0 Å². The molecule has 0 fully saturated rings. The van der Waals surface area contributed by atoms with E-state index in [0.29, 0.717) is 29.8 Å². The first-order chi connectivity index (χ1) is 18.1. The molecule has 0 spiro atoms. The highest BCUT2D eigenvalue weighted by Gasteiger charge is 2.35. The van der Waals surface area contributed by atoms with Crippen LogP contribution in [0.1, 0.15) is 27.9 Å². The summed E-state index contributed by atoms with van der Waals surface area (Å²) < 4.78 is 8.01. The summed E-state index contributed by atoms with van der Waals surface area (Å²) in [4.78, 5) is 41.9. The van der Waals surface area contributed by atoms with Crippen LogP contribution in [0.5, 0.6) is 5.75 Å². The molecule has 6 rings (SSSR count). The third kappa shape index (κ3) is 4.27. The lowest BCUT2D eigenvalue weighted by Gasteiger charge is -2.34. The Bertz CT molecular complexity index is 1560. The van der Waals surface area contributed by atoms with E-state index in [9.17, 15) is 14.4 Å². The Kier molecular flexibility index (Phi) is 5.96. The summed E-state index contributed by atoms with van der Waals surface area (Å²) in [6.07, 6.45) is 3.36. The van der Waals surface area contributed by atoms with E-state index in [4.69, 9.17) is 4.74 Å². The molecule has 1 atom stereocenters. The number of amides is 2. The van der Waals surface area contributed by atoms with Crippen molar-refractivity contribution in [1.29, 1.82) is 0 Å². The first-order valence-electron chi connectivity index (χ1n) is 12.6. The van der Waals surface area contributed by atoms with Gasteiger partial charge in [0, 0.05) is 24.7 Å². The van der Waals surface area contributed by atoms with Gasteiger partial charge in [-0.1, -0.05) is 54.6 Å². The highest BCUT2D eigenvalue weighted by atomic mass is 16.5. The molecule has 0 saturated heterocycles. The van der Waals surface area contributed by atoms with Crippen LogP contribution >= 0.6 is 0 Å². The fourth-order valence-electron chi connectivity index (χ4n) is 5.31. The number of fused-ring (bicyclic) bond motifs is 1. The Morgan fingerprint density at radius 2 is 1.78 bits per heavy atom. The molecule has 7 nitrogen and oxygen atoms in total. The minimum atomic E-state index is -0.886. The maximum Gasteiger partial charge on any atom is 0.264 e. The number of hydrogen-bond donors (Lipinski definition) is 1. The lowest BCUT2D eigenvalue weighted by Crippen LogP contribution is -2.51. The van der Waals surface area contributed by atoms with Crippen LogP contribution in [0, 0.1) is 0 Å². The number of anilines is 1. The van der Waals surface area contributed by atoms with Gasteiger partial charge in [-0.2, -0.15) is 0 Å². The van der Waals surface area contributed by atoms with Crippen LogP contribution in [0.25, 0.3) is 10.9 Å². The normalized spacial score (nSPS) is 16.1. The summed E-state index contributed by atoms with van der Waals surface area (Å²) in [5.41, 5.74) is 3.53. The second kappa shape index (κ2) is 9.58. The van der Waals surface area contributed by atoms with Crippen LogP contribution in [-0.4, -0.2) is 35.6 Å². The number of benzene rings is 3. The monoisotopic (exact) mass is 493 g/mol. The summed E-state index contributed by atoms with van der Waals surface area (Å²) >= 11 is 0. The van der Waals surface area contributed by atoms with E-state index in [1.807, 2.05) is 53.1 Å². The number of ether oxygens (including phenoxy) is 1. The van der Waals surface area contributed by atoms with E-state index in [-0.39, 0.29) is 23.4 Å². The Labute approximate surface area is 214 Å². The number of hydrogen-bond acceptors (Lipinski definition) is 4. The quantitative estimate of drug-likeness (QED) is 0.460. The SMILES string of the molecule is O=C(NCCc1ccccc1)[C@@H]1CN(C(=O)c2cn3c4c(cccc4c2=O)CCC3)c2ccccc2O1. The molecule has 0 saturated carbocycles. The minimum absolute atomic E-state index is 0.0184. The van der Waals surface area contributed by atoms with Crippen molar-refractivity contribution in [2.45, 2.75) is 31.9 Å². The van der Waals surface area contributed by atoms with Gasteiger partial charge in [0.25, 0.3) is 11.8 Å². The number of nitrogens with one attached hydrogen (secondary N) is 1. The fraction of sp³-hybridized carbons (Fsp3) is 0.233. The molecule has 1 N–H and O–H groups in total. The Morgan fingerprint density at radius 1 is 0.973 bits per heavy atom. The maximum atomic E-state index is 13.9. The van der Waals surface area contributed by atoms with Gasteiger partial charge >= 0.3 is 0 Å². The third-order valence-electron chi connectivity index (χ3n) is 7.12. The first-order valence-corrected chi connectivity index (χ1v) is 12.6. The van der Waals surface area contributed by atoms with Crippen LogP contribution in [0.3, 0.4) is 0 Å². The molecule has 37 heavy (non-hydrogen) atoms. The van der Waals surface area contributed by atoms with Crippen molar-refractivity contribution in [3.05, 3.63) is 106 Å². The van der Waals surface area contributed by atoms with Crippen LogP contribution in [0.4, 0.5) is 5.69 Å². The van der Waals surface area contributed by atoms with Crippen molar-refractivity contribution in [2.24, 2.45) is 0 Å². The van der Waals surface area contributed by atoms with Crippen LogP contribution in [0.15, 0.2) is 83.8 Å². The number of aromatic nitrogens is 1. The van der Waals surface area contributed by atoms with Gasteiger partial charge in [-0.05, 0) is 48.6 Å². The van der Waals surface area contributed by atoms with Gasteiger partial charge in [0.2, 0.25) is 5.43 Å². The van der Waals surface area contributed by atoms with Crippen molar-refractivity contribution >= 4 is 28.4 Å². The van der Waals surface area contributed by atoms with Crippen LogP contribution in [0.2, 0.25) is 0 Å². The average molecular weight is 494 g/mol. The molecule has 0 bridgehead atoms. The second-order valence-electron chi connectivity index (χ2n) is 9.50. The number of rotatable bonds is 5. The highest BCUT2D eigenvalue weighted by Crippen LogP contribution is 2.34. The topological polar surface area (TPSA) is 80.6 Å². The van der Waals surface area contributed by atoms with Gasteiger partial charge in [0.05, 0.1) is 17.7 Å². The third-order valence-corrected chi connectivity index (χ3v) is 7.12. The molecule has 2 aliphatic heterocycles. The van der Waals surface area contributed by atoms with Crippen molar-refractivity contribution in [3.8, 4) is 5.75 Å². The number of para-hydroxylation sites is 3. The van der Waals surface area contributed by atoms with Crippen molar-refractivity contribution in [2.75, 3.05) is 18.0 Å². The number of pyridine rings is 1. The predicted octanol–water partition coefficient (Wildman–Crippen LogP) is 3.71. The minimum Gasteiger partial charge on any atom is -0.477 e. The van der Waals surface area contributed by atoms with Crippen molar-refractivity contribution < 1.29 is 14.3 Å². The van der Waals surface area contributed by atoms with E-state index in [1.165, 1.54) is 4.90 Å². The summed E-state index contributed by atoms with van der Waals surface area (Å²) in [6.45, 7) is 1.22. The summed E-state index contributed by atoms with van der Waals surface area (Å²) in [5.74, 6) is -0.280. The van der Waals surface area contributed by atoms with Crippen LogP contribution in [-0.2, 0) is 24.2 Å². The number of aryl methyl sites for hydroxylation is 2. The predicted molar refractivity (Wildman–Crippen MR) is 142 cm³/mol. The largest absolute Gasteiger partial charge is 0.477 e. The number of carbonyl (C=O) groups is 2. The molecule has 0 unspecified atom stereocenters. The Morgan fingerprint density at radius 3 is 2.65 bits per heavy atom. The number of nitrogens with zero attached hydrogens (tertiary/aromatic N) is 2. The zero-order chi connectivity index (χ0) is 25.4. The molecule has 3 aromatic carbocycles. The summed E-state index contributed by atoms with van der Waals surface area (Å²) in [7, 11) is 0. The molecule has 0 aliphatic carbocycles. The number of carbonyl (C=O) groups excluding carboxylic acids is 2. The molecule has 1 aromatic heterocycles. The maximum absolute atomic E-state index is 13.9. The van der Waals surface area contributed by atoms with Gasteiger partial charge in [-0.15, -0.1) is 0 Å². The van der Waals surface area contributed by atoms with Gasteiger partial charge in [0.1, 0.15) is 11.3 Å². The van der Waals surface area contributed by atoms with Gasteiger partial charge in [-0.3, -0.25) is 14.4 Å². The van der Waals surface area contributed by atoms with E-state index in [0.717, 1.165) is 36.0 Å². The van der Waals surface area contributed by atoms with Gasteiger partial charge in [0.15, 0.2) is 6.10 Å². The standard InChI is InChI=1S/C30H27N3O4/c34-28-22-12-6-10-21-11-7-17-32(27(21)22)18-23(28)30(36)33-19-26(37-25-14-5-4-13-24(25)33)29(35)31-16-15-20-8-2-1-3-9-20/h1-6,8-10,12-14,18,26H,7,11,15-17,19H2,(H,31,35)/t26-/m0/s1. The van der Waals surface area contributed by atoms with E-state index in [1.54, 1.807) is 30.5 Å². The van der Waals surface area contributed by atoms with Crippen molar-refractivity contribution in [1.82, 2.24) is 9.88 Å². The molecule has 2 aliphatic rings. The van der Waals surface area contributed by atoms with Crippen LogP contribution < -0.4 is 20.4 Å². The fourth-order valence-corrected chi connectivity index (χ4v) is 5.31. The zero-order valence-corrected chi connectivity index (χ0v) is 20.4. The lowest BCUT2D eigenvalue weighted by atomic mass is 9.99. The van der Waals surface area contributed by atoms with Gasteiger partial charge in [-0.25, -0.2) is 0 Å². The highest BCUT2D eigenvalue weighted by molar-refractivity contribution is 6.09. The first kappa shape index (κ1) is 23.0. The summed E-state index contributed by atoms with van der Waals surface area (Å²) in [5, 5.41) is 3.49. The molecule has 0 radical (unpaired) electrons. The molecule has 186 valence electrons. The van der Waals surface area contributed by atoms with Crippen molar-refractivity contribution in [3.63, 3.8) is 0 Å². The second-order valence-corrected chi connectivity index (χ2v) is 9.50. The molecular weight excluding hydrogens is 466 g/mol. The average Bonchev–Trinajstić information content (AvgIpc) is 2.94. The molecule has 7 heteroatoms. The Hall–Kier alpha value is -4.39. The summed E-state index contributed by atoms with van der Waals surface area (Å²) in [6, 6.07) is 22.7. The van der Waals surface area contributed by atoms with Gasteiger partial charge < -0.3 is 19.5 Å². The smallest absolute Gasteiger partial charge is 0.264 e. The molecular formula is C30H27N3O4. The zero-order valence-electron chi connectivity index (χ0n) is 20.4. The molecule has 3 heterocycles. The molecule has 2 amide bonds.